The first-order valence-electron chi connectivity index (χ1n) is 6.14. The van der Waals surface area contributed by atoms with Gasteiger partial charge in [-0.1, -0.05) is 13.8 Å². The fraction of sp³-hybridized carbons (Fsp3) is 0.571. The third-order valence-corrected chi connectivity index (χ3v) is 3.67. The normalized spacial score (nSPS) is 33.7. The highest BCUT2D eigenvalue weighted by Gasteiger charge is 2.36. The Bertz CT molecular complexity index is 386. The van der Waals surface area contributed by atoms with E-state index in [1.54, 1.807) is 0 Å². The molecular weight excluding hydrogens is 220 g/mol. The summed E-state index contributed by atoms with van der Waals surface area (Å²) < 4.78 is 26.5. The summed E-state index contributed by atoms with van der Waals surface area (Å²) in [5.74, 6) is -0.100. The van der Waals surface area contributed by atoms with Crippen LogP contribution in [0.1, 0.15) is 38.7 Å². The van der Waals surface area contributed by atoms with E-state index in [0.29, 0.717) is 17.4 Å². The smallest absolute Gasteiger partial charge is 0.126 e. The first kappa shape index (κ1) is 12.5. The van der Waals surface area contributed by atoms with Crippen LogP contribution in [0.4, 0.5) is 8.78 Å². The quantitative estimate of drug-likeness (QED) is 0.796. The van der Waals surface area contributed by atoms with Crippen molar-refractivity contribution < 1.29 is 8.78 Å². The van der Waals surface area contributed by atoms with Crippen molar-refractivity contribution in [1.29, 1.82) is 0 Å². The standard InChI is InChI=1S/C14H19F2N/c1-9-3-10(2)8-14(17,7-9)11-4-12(15)6-13(16)5-11/h4-6,9-10H,3,7-8,17H2,1-2H3. The fourth-order valence-electron chi connectivity index (χ4n) is 3.26. The van der Waals surface area contributed by atoms with Crippen molar-refractivity contribution in [3.63, 3.8) is 0 Å². The summed E-state index contributed by atoms with van der Waals surface area (Å²) in [5, 5.41) is 0. The Hall–Kier alpha value is -0.960. The molecule has 1 aliphatic rings. The third kappa shape index (κ3) is 2.65. The van der Waals surface area contributed by atoms with Crippen molar-refractivity contribution in [1.82, 2.24) is 0 Å². The largest absolute Gasteiger partial charge is 0.321 e. The van der Waals surface area contributed by atoms with Gasteiger partial charge in [-0.2, -0.15) is 0 Å². The molecule has 1 aromatic rings. The maximum absolute atomic E-state index is 13.3. The lowest BCUT2D eigenvalue weighted by atomic mass is 9.69. The van der Waals surface area contributed by atoms with E-state index in [0.717, 1.165) is 25.3 Å². The van der Waals surface area contributed by atoms with Crippen molar-refractivity contribution in [2.24, 2.45) is 17.6 Å². The molecule has 17 heavy (non-hydrogen) atoms. The summed E-state index contributed by atoms with van der Waals surface area (Å²) in [6, 6.07) is 3.63. The second-order valence-corrected chi connectivity index (χ2v) is 5.67. The molecule has 0 radical (unpaired) electrons. The average molecular weight is 239 g/mol. The number of hydrogen-bond acceptors (Lipinski definition) is 1. The van der Waals surface area contributed by atoms with E-state index in [1.807, 2.05) is 0 Å². The van der Waals surface area contributed by atoms with E-state index in [1.165, 1.54) is 12.1 Å². The van der Waals surface area contributed by atoms with E-state index in [4.69, 9.17) is 5.73 Å². The van der Waals surface area contributed by atoms with E-state index in [9.17, 15) is 8.78 Å². The van der Waals surface area contributed by atoms with E-state index in [-0.39, 0.29) is 0 Å². The number of benzene rings is 1. The predicted octanol–water partition coefficient (Wildman–Crippen LogP) is 3.57. The van der Waals surface area contributed by atoms with Gasteiger partial charge in [0.1, 0.15) is 11.6 Å². The average Bonchev–Trinajstić information content (AvgIpc) is 2.13. The molecule has 2 unspecified atom stereocenters. The number of rotatable bonds is 1. The van der Waals surface area contributed by atoms with Crippen molar-refractivity contribution >= 4 is 0 Å². The fourth-order valence-corrected chi connectivity index (χ4v) is 3.26. The molecule has 1 aliphatic carbocycles. The molecule has 3 heteroatoms. The zero-order chi connectivity index (χ0) is 12.6. The Morgan fingerprint density at radius 1 is 1.06 bits per heavy atom. The summed E-state index contributed by atoms with van der Waals surface area (Å²) >= 11 is 0. The molecule has 0 heterocycles. The minimum Gasteiger partial charge on any atom is -0.321 e. The maximum Gasteiger partial charge on any atom is 0.126 e. The van der Waals surface area contributed by atoms with Crippen molar-refractivity contribution in [3.05, 3.63) is 35.4 Å². The molecule has 1 saturated carbocycles. The van der Waals surface area contributed by atoms with Crippen molar-refractivity contribution in [2.45, 2.75) is 38.6 Å². The van der Waals surface area contributed by atoms with Gasteiger partial charge in [0.25, 0.3) is 0 Å². The van der Waals surface area contributed by atoms with Gasteiger partial charge in [0, 0.05) is 11.6 Å². The van der Waals surface area contributed by atoms with Crippen LogP contribution in [0.3, 0.4) is 0 Å². The van der Waals surface area contributed by atoms with Crippen LogP contribution in [-0.4, -0.2) is 0 Å². The Balaban J connectivity index is 2.36. The van der Waals surface area contributed by atoms with Gasteiger partial charge in [-0.15, -0.1) is 0 Å². The zero-order valence-corrected chi connectivity index (χ0v) is 10.3. The molecule has 94 valence electrons. The van der Waals surface area contributed by atoms with Crippen LogP contribution in [0.5, 0.6) is 0 Å². The lowest BCUT2D eigenvalue weighted by Crippen LogP contribution is -2.43. The molecular formula is C14H19F2N. The number of nitrogens with two attached hydrogens (primary N) is 1. The third-order valence-electron chi connectivity index (χ3n) is 3.67. The van der Waals surface area contributed by atoms with Gasteiger partial charge in [0.15, 0.2) is 0 Å². The second-order valence-electron chi connectivity index (χ2n) is 5.67. The highest BCUT2D eigenvalue weighted by Crippen LogP contribution is 2.40. The van der Waals surface area contributed by atoms with Crippen LogP contribution in [0.25, 0.3) is 0 Å². The minimum absolute atomic E-state index is 0.495. The summed E-state index contributed by atoms with van der Waals surface area (Å²) in [7, 11) is 0. The molecule has 0 amide bonds. The maximum atomic E-state index is 13.3. The molecule has 2 N–H and O–H groups in total. The molecule has 1 fully saturated rings. The van der Waals surface area contributed by atoms with Crippen LogP contribution in [0, 0.1) is 23.5 Å². The van der Waals surface area contributed by atoms with Gasteiger partial charge in [-0.25, -0.2) is 8.78 Å². The van der Waals surface area contributed by atoms with Crippen molar-refractivity contribution in [3.8, 4) is 0 Å². The van der Waals surface area contributed by atoms with Crippen LogP contribution in [-0.2, 0) is 5.54 Å². The summed E-state index contributed by atoms with van der Waals surface area (Å²) in [6.07, 6.45) is 2.72. The number of halogens is 2. The number of hydrogen-bond donors (Lipinski definition) is 1. The first-order valence-corrected chi connectivity index (χ1v) is 6.14. The Morgan fingerprint density at radius 3 is 2.00 bits per heavy atom. The molecule has 0 bridgehead atoms. The minimum atomic E-state index is -0.583. The van der Waals surface area contributed by atoms with Crippen LogP contribution in [0.2, 0.25) is 0 Å². The van der Waals surface area contributed by atoms with E-state index >= 15 is 0 Å². The van der Waals surface area contributed by atoms with Crippen molar-refractivity contribution in [2.75, 3.05) is 0 Å². The predicted molar refractivity (Wildman–Crippen MR) is 64.4 cm³/mol. The lowest BCUT2D eigenvalue weighted by molar-refractivity contribution is 0.183. The topological polar surface area (TPSA) is 26.0 Å². The second kappa shape index (κ2) is 4.37. The Kier molecular flexibility index (Phi) is 3.21. The molecule has 0 spiro atoms. The monoisotopic (exact) mass is 239 g/mol. The summed E-state index contributed by atoms with van der Waals surface area (Å²) in [5.41, 5.74) is 6.37. The Morgan fingerprint density at radius 2 is 1.53 bits per heavy atom. The van der Waals surface area contributed by atoms with E-state index < -0.39 is 17.2 Å². The molecule has 0 aliphatic heterocycles. The molecule has 0 saturated heterocycles. The molecule has 0 aromatic heterocycles. The highest BCUT2D eigenvalue weighted by atomic mass is 19.1. The lowest BCUT2D eigenvalue weighted by Gasteiger charge is -2.40. The van der Waals surface area contributed by atoms with E-state index in [2.05, 4.69) is 13.8 Å². The SMILES string of the molecule is CC1CC(C)CC(N)(c2cc(F)cc(F)c2)C1. The van der Waals surface area contributed by atoms with Crippen LogP contribution >= 0.6 is 0 Å². The zero-order valence-electron chi connectivity index (χ0n) is 10.3. The summed E-state index contributed by atoms with van der Waals surface area (Å²) in [6.45, 7) is 4.29. The van der Waals surface area contributed by atoms with Gasteiger partial charge in [0.05, 0.1) is 0 Å². The van der Waals surface area contributed by atoms with Gasteiger partial charge < -0.3 is 5.73 Å². The Labute approximate surface area is 101 Å². The van der Waals surface area contributed by atoms with Crippen LogP contribution in [0.15, 0.2) is 18.2 Å². The van der Waals surface area contributed by atoms with Gasteiger partial charge in [-0.3, -0.25) is 0 Å². The molecule has 2 rings (SSSR count). The van der Waals surface area contributed by atoms with Crippen LogP contribution < -0.4 is 5.73 Å². The first-order chi connectivity index (χ1) is 7.89. The molecule has 1 nitrogen and oxygen atoms in total. The van der Waals surface area contributed by atoms with Gasteiger partial charge in [-0.05, 0) is 48.8 Å². The highest BCUT2D eigenvalue weighted by molar-refractivity contribution is 5.26. The summed E-state index contributed by atoms with van der Waals surface area (Å²) in [4.78, 5) is 0. The van der Waals surface area contributed by atoms with Gasteiger partial charge >= 0.3 is 0 Å². The molecule has 1 aromatic carbocycles. The molecule has 2 atom stereocenters. The van der Waals surface area contributed by atoms with Gasteiger partial charge in [0.2, 0.25) is 0 Å².